The van der Waals surface area contributed by atoms with Crippen molar-refractivity contribution in [1.82, 2.24) is 0 Å². The first kappa shape index (κ1) is 37.4. The SMILES string of the molecule is CC(C)(C)c1ccc(N(c2ccc(N(c3ccc(-c4ccc(Br)cc4)cc3)c3ccc(-c4ccc(Br)cc4)cc3)cc2)c2ccc(C(C)(C)C)cc2)cc1. The lowest BCUT2D eigenvalue weighted by atomic mass is 9.86. The molecule has 0 heterocycles. The summed E-state index contributed by atoms with van der Waals surface area (Å²) in [7, 11) is 0. The van der Waals surface area contributed by atoms with Gasteiger partial charge in [-0.15, -0.1) is 0 Å². The molecule has 7 aromatic rings. The van der Waals surface area contributed by atoms with Gasteiger partial charge in [0.1, 0.15) is 0 Å². The van der Waals surface area contributed by atoms with Crippen LogP contribution in [0, 0.1) is 0 Å². The molecule has 2 nitrogen and oxygen atoms in total. The van der Waals surface area contributed by atoms with Crippen molar-refractivity contribution in [2.24, 2.45) is 0 Å². The molecule has 0 N–H and O–H groups in total. The molecule has 0 unspecified atom stereocenters. The fourth-order valence-corrected chi connectivity index (χ4v) is 7.29. The summed E-state index contributed by atoms with van der Waals surface area (Å²) in [5, 5.41) is 0. The maximum absolute atomic E-state index is 3.57. The van der Waals surface area contributed by atoms with Crippen molar-refractivity contribution < 1.29 is 0 Å². The number of rotatable bonds is 8. The molecule has 7 rings (SSSR count). The molecule has 0 amide bonds. The molecule has 270 valence electrons. The summed E-state index contributed by atoms with van der Waals surface area (Å²) in [6.45, 7) is 13.6. The summed E-state index contributed by atoms with van der Waals surface area (Å²) in [6.07, 6.45) is 0. The monoisotopic (exact) mass is 832 g/mol. The molecule has 0 aliphatic carbocycles. The van der Waals surface area contributed by atoms with Crippen LogP contribution in [0.1, 0.15) is 52.7 Å². The van der Waals surface area contributed by atoms with Crippen LogP contribution >= 0.6 is 31.9 Å². The summed E-state index contributed by atoms with van der Waals surface area (Å²) >= 11 is 7.14. The van der Waals surface area contributed by atoms with Gasteiger partial charge in [-0.25, -0.2) is 0 Å². The molecular formula is C50H46Br2N2. The van der Waals surface area contributed by atoms with Gasteiger partial charge in [0.2, 0.25) is 0 Å². The predicted octanol–water partition coefficient (Wildman–Crippen LogP) is 16.1. The number of anilines is 6. The molecular weight excluding hydrogens is 788 g/mol. The highest BCUT2D eigenvalue weighted by Gasteiger charge is 2.20. The van der Waals surface area contributed by atoms with Crippen LogP contribution in [-0.2, 0) is 10.8 Å². The maximum Gasteiger partial charge on any atom is 0.0463 e. The summed E-state index contributed by atoms with van der Waals surface area (Å²) in [5.74, 6) is 0. The average molecular weight is 835 g/mol. The highest BCUT2D eigenvalue weighted by atomic mass is 79.9. The van der Waals surface area contributed by atoms with Gasteiger partial charge in [0, 0.05) is 43.1 Å². The van der Waals surface area contributed by atoms with E-state index in [1.807, 2.05) is 0 Å². The molecule has 0 aliphatic rings. The molecule has 0 aliphatic heterocycles. The lowest BCUT2D eigenvalue weighted by Crippen LogP contribution is -2.14. The molecule has 0 fully saturated rings. The van der Waals surface area contributed by atoms with Gasteiger partial charge in [-0.1, -0.05) is 146 Å². The van der Waals surface area contributed by atoms with Crippen LogP contribution in [0.5, 0.6) is 0 Å². The number of nitrogens with zero attached hydrogens (tertiary/aromatic N) is 2. The summed E-state index contributed by atoms with van der Waals surface area (Å²) in [6, 6.07) is 61.6. The quantitative estimate of drug-likeness (QED) is 0.150. The Labute approximate surface area is 338 Å². The number of benzene rings is 7. The van der Waals surface area contributed by atoms with Gasteiger partial charge < -0.3 is 9.80 Å². The zero-order chi connectivity index (χ0) is 38.0. The normalized spacial score (nSPS) is 11.7. The third-order valence-corrected chi connectivity index (χ3v) is 11.0. The maximum atomic E-state index is 3.57. The van der Waals surface area contributed by atoms with Gasteiger partial charge >= 0.3 is 0 Å². The van der Waals surface area contributed by atoms with Crippen LogP contribution in [0.25, 0.3) is 22.3 Å². The number of hydrogen-bond acceptors (Lipinski definition) is 2. The van der Waals surface area contributed by atoms with E-state index in [4.69, 9.17) is 0 Å². The van der Waals surface area contributed by atoms with Crippen LogP contribution in [0.3, 0.4) is 0 Å². The van der Waals surface area contributed by atoms with E-state index in [2.05, 4.69) is 253 Å². The fraction of sp³-hybridized carbons (Fsp3) is 0.160. The van der Waals surface area contributed by atoms with Crippen LogP contribution in [0.15, 0.2) is 179 Å². The summed E-state index contributed by atoms with van der Waals surface area (Å²) in [4.78, 5) is 4.69. The van der Waals surface area contributed by atoms with Gasteiger partial charge in [0.05, 0.1) is 0 Å². The van der Waals surface area contributed by atoms with E-state index in [1.165, 1.54) is 33.4 Å². The number of halogens is 2. The Kier molecular flexibility index (Phi) is 10.7. The van der Waals surface area contributed by atoms with Crippen LogP contribution < -0.4 is 9.80 Å². The van der Waals surface area contributed by atoms with Crippen LogP contribution in [0.4, 0.5) is 34.1 Å². The third-order valence-electron chi connectivity index (χ3n) is 9.96. The molecule has 0 bridgehead atoms. The van der Waals surface area contributed by atoms with Crippen molar-refractivity contribution in [1.29, 1.82) is 0 Å². The first-order chi connectivity index (χ1) is 25.8. The van der Waals surface area contributed by atoms with E-state index in [1.54, 1.807) is 0 Å². The Balaban J connectivity index is 1.28. The predicted molar refractivity (Wildman–Crippen MR) is 239 cm³/mol. The Morgan fingerprint density at radius 2 is 0.463 bits per heavy atom. The topological polar surface area (TPSA) is 6.48 Å². The minimum absolute atomic E-state index is 0.0791. The van der Waals surface area contributed by atoms with Gasteiger partial charge in [-0.2, -0.15) is 0 Å². The van der Waals surface area contributed by atoms with E-state index in [-0.39, 0.29) is 10.8 Å². The van der Waals surface area contributed by atoms with E-state index >= 15 is 0 Å². The zero-order valence-electron chi connectivity index (χ0n) is 31.8. The summed E-state index contributed by atoms with van der Waals surface area (Å²) < 4.78 is 2.15. The molecule has 54 heavy (non-hydrogen) atoms. The number of hydrogen-bond donors (Lipinski definition) is 0. The second kappa shape index (κ2) is 15.5. The standard InChI is InChI=1S/C50H46Br2N2/c1-49(2,3)39-15-27-45(28-16-39)54(46-29-17-40(18-30-46)50(4,5)6)48-33-31-47(32-34-48)53(43-23-11-37(12-24-43)35-7-19-41(51)20-8-35)44-25-13-38(14-26-44)36-9-21-42(52)22-10-36/h7-34H,1-6H3. The first-order valence-electron chi connectivity index (χ1n) is 18.5. The van der Waals surface area contributed by atoms with Crippen molar-refractivity contribution in [2.45, 2.75) is 52.4 Å². The highest BCUT2D eigenvalue weighted by molar-refractivity contribution is 9.10. The molecule has 7 aromatic carbocycles. The molecule has 0 radical (unpaired) electrons. The van der Waals surface area contributed by atoms with E-state index < -0.39 is 0 Å². The van der Waals surface area contributed by atoms with Crippen molar-refractivity contribution in [3.8, 4) is 22.3 Å². The minimum atomic E-state index is 0.0791. The largest absolute Gasteiger partial charge is 0.311 e. The average Bonchev–Trinajstić information content (AvgIpc) is 3.17. The van der Waals surface area contributed by atoms with Gasteiger partial charge in [-0.05, 0) is 141 Å². The Morgan fingerprint density at radius 3 is 0.685 bits per heavy atom. The Bertz CT molecular complexity index is 2150. The Hall–Kier alpha value is -4.90. The van der Waals surface area contributed by atoms with E-state index in [0.717, 1.165) is 43.1 Å². The highest BCUT2D eigenvalue weighted by Crippen LogP contribution is 2.41. The van der Waals surface area contributed by atoms with Gasteiger partial charge in [0.15, 0.2) is 0 Å². The van der Waals surface area contributed by atoms with Crippen molar-refractivity contribution in [2.75, 3.05) is 9.80 Å². The van der Waals surface area contributed by atoms with Crippen molar-refractivity contribution in [3.63, 3.8) is 0 Å². The first-order valence-corrected chi connectivity index (χ1v) is 20.1. The molecule has 0 saturated heterocycles. The van der Waals surface area contributed by atoms with Crippen molar-refractivity contribution in [3.05, 3.63) is 190 Å². The van der Waals surface area contributed by atoms with Crippen LogP contribution in [-0.4, -0.2) is 0 Å². The second-order valence-corrected chi connectivity index (χ2v) is 17.7. The summed E-state index contributed by atoms with van der Waals surface area (Å²) in [5.41, 5.74) is 14.1. The smallest absolute Gasteiger partial charge is 0.0463 e. The van der Waals surface area contributed by atoms with E-state index in [0.29, 0.717) is 0 Å². The lowest BCUT2D eigenvalue weighted by Gasteiger charge is -2.29. The molecule has 0 atom stereocenters. The fourth-order valence-electron chi connectivity index (χ4n) is 6.76. The molecule has 0 spiro atoms. The molecule has 4 heteroatoms. The van der Waals surface area contributed by atoms with Crippen LogP contribution in [0.2, 0.25) is 0 Å². The van der Waals surface area contributed by atoms with Gasteiger partial charge in [0.25, 0.3) is 0 Å². The zero-order valence-corrected chi connectivity index (χ0v) is 35.0. The lowest BCUT2D eigenvalue weighted by molar-refractivity contribution is 0.590. The molecule has 0 saturated carbocycles. The van der Waals surface area contributed by atoms with E-state index in [9.17, 15) is 0 Å². The molecule has 0 aromatic heterocycles. The second-order valence-electron chi connectivity index (χ2n) is 15.9. The van der Waals surface area contributed by atoms with Gasteiger partial charge in [-0.3, -0.25) is 0 Å². The minimum Gasteiger partial charge on any atom is -0.311 e. The van der Waals surface area contributed by atoms with Crippen molar-refractivity contribution >= 4 is 66.0 Å². The third kappa shape index (κ3) is 8.41. The Morgan fingerprint density at radius 1 is 0.278 bits per heavy atom.